The zero-order valence-electron chi connectivity index (χ0n) is 11.5. The number of carbonyl (C=O) groups is 1. The van der Waals surface area contributed by atoms with E-state index in [-0.39, 0.29) is 5.91 Å². The summed E-state index contributed by atoms with van der Waals surface area (Å²) in [6.45, 7) is 0.543. The van der Waals surface area contributed by atoms with Gasteiger partial charge in [0.15, 0.2) is 0 Å². The second kappa shape index (κ2) is 6.21. The van der Waals surface area contributed by atoms with Crippen molar-refractivity contribution in [2.75, 3.05) is 6.54 Å². The SMILES string of the molecule is O=C(NCCc1cnc[nH]1)C1CC(c2ccccc2)=NO1. The van der Waals surface area contributed by atoms with E-state index in [1.807, 2.05) is 30.3 Å². The summed E-state index contributed by atoms with van der Waals surface area (Å²) in [5, 5.41) is 6.86. The number of carbonyl (C=O) groups excluding carboxylic acids is 1. The maximum Gasteiger partial charge on any atom is 0.264 e. The molecule has 0 radical (unpaired) electrons. The summed E-state index contributed by atoms with van der Waals surface area (Å²) in [6, 6.07) is 9.74. The van der Waals surface area contributed by atoms with Gasteiger partial charge >= 0.3 is 0 Å². The lowest BCUT2D eigenvalue weighted by Crippen LogP contribution is -2.36. The third-order valence-electron chi connectivity index (χ3n) is 3.32. The van der Waals surface area contributed by atoms with Gasteiger partial charge in [-0.05, 0) is 5.56 Å². The summed E-state index contributed by atoms with van der Waals surface area (Å²) in [6.07, 6.45) is 4.04. The van der Waals surface area contributed by atoms with Crippen LogP contribution >= 0.6 is 0 Å². The number of benzene rings is 1. The Morgan fingerprint density at radius 2 is 2.24 bits per heavy atom. The first-order valence-electron chi connectivity index (χ1n) is 6.86. The van der Waals surface area contributed by atoms with E-state index in [0.717, 1.165) is 17.0 Å². The molecule has 2 N–H and O–H groups in total. The van der Waals surface area contributed by atoms with E-state index in [9.17, 15) is 4.79 Å². The molecule has 2 aromatic rings. The van der Waals surface area contributed by atoms with E-state index in [0.29, 0.717) is 19.4 Å². The number of aromatic amines is 1. The summed E-state index contributed by atoms with van der Waals surface area (Å²) in [4.78, 5) is 24.2. The topological polar surface area (TPSA) is 79.4 Å². The number of rotatable bonds is 5. The van der Waals surface area contributed by atoms with Crippen molar-refractivity contribution in [2.45, 2.75) is 18.9 Å². The van der Waals surface area contributed by atoms with Crippen molar-refractivity contribution >= 4 is 11.6 Å². The Bertz CT molecular complexity index is 622. The highest BCUT2D eigenvalue weighted by Crippen LogP contribution is 2.16. The molecule has 0 spiro atoms. The van der Waals surface area contributed by atoms with Crippen molar-refractivity contribution in [3.8, 4) is 0 Å². The van der Waals surface area contributed by atoms with Gasteiger partial charge in [-0.15, -0.1) is 0 Å². The van der Waals surface area contributed by atoms with E-state index in [1.54, 1.807) is 12.5 Å². The van der Waals surface area contributed by atoms with Crippen LogP contribution in [0.1, 0.15) is 17.7 Å². The highest BCUT2D eigenvalue weighted by atomic mass is 16.6. The van der Waals surface area contributed by atoms with Gasteiger partial charge in [0, 0.05) is 31.3 Å². The van der Waals surface area contributed by atoms with E-state index in [1.165, 1.54) is 0 Å². The Kier molecular flexibility index (Phi) is 3.95. The molecule has 6 nitrogen and oxygen atoms in total. The smallest absolute Gasteiger partial charge is 0.264 e. The molecule has 1 unspecified atom stereocenters. The van der Waals surface area contributed by atoms with Gasteiger partial charge in [-0.2, -0.15) is 0 Å². The first-order valence-corrected chi connectivity index (χ1v) is 6.86. The van der Waals surface area contributed by atoms with Gasteiger partial charge in [0.1, 0.15) is 0 Å². The molecule has 21 heavy (non-hydrogen) atoms. The van der Waals surface area contributed by atoms with E-state index in [4.69, 9.17) is 4.84 Å². The number of amides is 1. The predicted molar refractivity (Wildman–Crippen MR) is 77.8 cm³/mol. The Balaban J connectivity index is 1.47. The van der Waals surface area contributed by atoms with Crippen LogP contribution in [0.15, 0.2) is 48.0 Å². The van der Waals surface area contributed by atoms with Crippen molar-refractivity contribution in [3.05, 3.63) is 54.1 Å². The fraction of sp³-hybridized carbons (Fsp3) is 0.267. The maximum atomic E-state index is 12.0. The average molecular weight is 284 g/mol. The second-order valence-electron chi connectivity index (χ2n) is 4.82. The lowest BCUT2D eigenvalue weighted by atomic mass is 10.0. The van der Waals surface area contributed by atoms with Crippen LogP contribution in [0.3, 0.4) is 0 Å². The monoisotopic (exact) mass is 284 g/mol. The Morgan fingerprint density at radius 3 is 3.00 bits per heavy atom. The fourth-order valence-corrected chi connectivity index (χ4v) is 2.17. The molecule has 0 bridgehead atoms. The van der Waals surface area contributed by atoms with Gasteiger partial charge in [-0.3, -0.25) is 4.79 Å². The van der Waals surface area contributed by atoms with Crippen LogP contribution in [0.4, 0.5) is 0 Å². The molecule has 1 aromatic carbocycles. The van der Waals surface area contributed by atoms with Crippen LogP contribution in [-0.4, -0.2) is 34.2 Å². The molecular formula is C15H16N4O2. The summed E-state index contributed by atoms with van der Waals surface area (Å²) >= 11 is 0. The van der Waals surface area contributed by atoms with Gasteiger partial charge in [-0.25, -0.2) is 4.98 Å². The number of nitrogens with zero attached hydrogens (tertiary/aromatic N) is 2. The van der Waals surface area contributed by atoms with Gasteiger partial charge in [0.2, 0.25) is 6.10 Å². The minimum absolute atomic E-state index is 0.135. The van der Waals surface area contributed by atoms with Crippen LogP contribution in [-0.2, 0) is 16.1 Å². The van der Waals surface area contributed by atoms with Crippen LogP contribution < -0.4 is 5.32 Å². The van der Waals surface area contributed by atoms with Crippen molar-refractivity contribution in [1.29, 1.82) is 0 Å². The van der Waals surface area contributed by atoms with Gasteiger partial charge < -0.3 is 15.1 Å². The highest BCUT2D eigenvalue weighted by Gasteiger charge is 2.28. The van der Waals surface area contributed by atoms with Gasteiger partial charge in [0.05, 0.1) is 12.0 Å². The third kappa shape index (κ3) is 3.28. The molecule has 0 fully saturated rings. The molecule has 0 saturated heterocycles. The quantitative estimate of drug-likeness (QED) is 0.867. The molecule has 6 heteroatoms. The Hall–Kier alpha value is -2.63. The zero-order valence-corrected chi connectivity index (χ0v) is 11.5. The summed E-state index contributed by atoms with van der Waals surface area (Å²) in [5.41, 5.74) is 2.79. The number of imidazole rings is 1. The van der Waals surface area contributed by atoms with Crippen molar-refractivity contribution in [1.82, 2.24) is 15.3 Å². The van der Waals surface area contributed by atoms with Crippen LogP contribution in [0, 0.1) is 0 Å². The molecule has 1 aliphatic heterocycles. The Morgan fingerprint density at radius 1 is 1.38 bits per heavy atom. The second-order valence-corrected chi connectivity index (χ2v) is 4.82. The summed E-state index contributed by atoms with van der Waals surface area (Å²) < 4.78 is 0. The largest absolute Gasteiger partial charge is 0.382 e. The van der Waals surface area contributed by atoms with Crippen LogP contribution in [0.5, 0.6) is 0 Å². The Labute approximate surface area is 122 Å². The highest BCUT2D eigenvalue weighted by molar-refractivity contribution is 6.04. The van der Waals surface area contributed by atoms with E-state index < -0.39 is 6.10 Å². The summed E-state index contributed by atoms with van der Waals surface area (Å²) in [5.74, 6) is -0.135. The number of nitrogens with one attached hydrogen (secondary N) is 2. The molecule has 1 aromatic heterocycles. The molecular weight excluding hydrogens is 268 g/mol. The molecule has 0 aliphatic carbocycles. The molecule has 1 atom stereocenters. The molecule has 108 valence electrons. The first-order chi connectivity index (χ1) is 10.3. The maximum absolute atomic E-state index is 12.0. The molecule has 2 heterocycles. The molecule has 3 rings (SSSR count). The predicted octanol–water partition coefficient (Wildman–Crippen LogP) is 1.26. The van der Waals surface area contributed by atoms with Crippen molar-refractivity contribution in [2.24, 2.45) is 5.16 Å². The standard InChI is InChI=1S/C15H16N4O2/c20-15(17-7-6-12-9-16-10-18-12)14-8-13(19-21-14)11-4-2-1-3-5-11/h1-5,9-10,14H,6-8H2,(H,16,18)(H,17,20). The average Bonchev–Trinajstić information content (AvgIpc) is 3.20. The van der Waals surface area contributed by atoms with Gasteiger partial charge in [0.25, 0.3) is 5.91 Å². The molecule has 1 aliphatic rings. The van der Waals surface area contributed by atoms with E-state index in [2.05, 4.69) is 20.4 Å². The number of H-pyrrole nitrogens is 1. The number of aromatic nitrogens is 2. The van der Waals surface area contributed by atoms with Crippen LogP contribution in [0.2, 0.25) is 0 Å². The number of hydrogen-bond donors (Lipinski definition) is 2. The van der Waals surface area contributed by atoms with Crippen molar-refractivity contribution < 1.29 is 9.63 Å². The van der Waals surface area contributed by atoms with Gasteiger partial charge in [-0.1, -0.05) is 35.5 Å². The third-order valence-corrected chi connectivity index (χ3v) is 3.32. The number of oxime groups is 1. The fourth-order valence-electron chi connectivity index (χ4n) is 2.17. The minimum atomic E-state index is -0.540. The summed E-state index contributed by atoms with van der Waals surface area (Å²) in [7, 11) is 0. The minimum Gasteiger partial charge on any atom is -0.382 e. The number of hydrogen-bond acceptors (Lipinski definition) is 4. The zero-order chi connectivity index (χ0) is 14.5. The lowest BCUT2D eigenvalue weighted by molar-refractivity contribution is -0.131. The first kappa shape index (κ1) is 13.4. The lowest BCUT2D eigenvalue weighted by Gasteiger charge is -2.08. The van der Waals surface area contributed by atoms with Crippen molar-refractivity contribution in [3.63, 3.8) is 0 Å². The van der Waals surface area contributed by atoms with E-state index >= 15 is 0 Å². The normalized spacial score (nSPS) is 17.1. The molecule has 1 amide bonds. The molecule has 0 saturated carbocycles. The van der Waals surface area contributed by atoms with Crippen LogP contribution in [0.25, 0.3) is 0 Å².